The minimum absolute atomic E-state index is 0.342. The van der Waals surface area contributed by atoms with Crippen molar-refractivity contribution in [3.63, 3.8) is 0 Å². The summed E-state index contributed by atoms with van der Waals surface area (Å²) in [5.41, 5.74) is 1.83. The normalized spacial score (nSPS) is 34.8. The summed E-state index contributed by atoms with van der Waals surface area (Å²) in [6.07, 6.45) is 13.6. The molecule has 0 spiro atoms. The second kappa shape index (κ2) is 14.3. The average Bonchev–Trinajstić information content (AvgIpc) is 3.32. The third kappa shape index (κ3) is 8.92. The van der Waals surface area contributed by atoms with Crippen molar-refractivity contribution in [3.05, 3.63) is 47.7 Å². The number of benzene rings is 1. The molecule has 0 aliphatic heterocycles. The van der Waals surface area contributed by atoms with Gasteiger partial charge in [-0.05, 0) is 162 Å². The molecule has 5 rings (SSSR count). The van der Waals surface area contributed by atoms with Crippen molar-refractivity contribution < 1.29 is 18.0 Å². The van der Waals surface area contributed by atoms with Gasteiger partial charge in [-0.3, -0.25) is 0 Å². The number of fused-ring (bicyclic) bond motifs is 5. The van der Waals surface area contributed by atoms with Crippen molar-refractivity contribution in [2.24, 2.45) is 51.3 Å². The Balaban J connectivity index is 1.32. The number of hydrogen-bond donors (Lipinski definition) is 0. The van der Waals surface area contributed by atoms with Crippen LogP contribution < -0.4 is 0 Å². The van der Waals surface area contributed by atoms with Crippen LogP contribution in [0.5, 0.6) is 0 Å². The van der Waals surface area contributed by atoms with E-state index in [1.165, 1.54) is 50.7 Å². The van der Waals surface area contributed by atoms with Crippen molar-refractivity contribution in [3.8, 4) is 0 Å². The van der Waals surface area contributed by atoms with E-state index in [0.29, 0.717) is 65.1 Å². The topological polar surface area (TPSA) is 49.3 Å². The lowest BCUT2D eigenvalue weighted by atomic mass is 9.46. The lowest BCUT2D eigenvalue weighted by Crippen LogP contribution is -2.55. The molecular weight excluding hydrogens is 643 g/mol. The lowest BCUT2D eigenvalue weighted by molar-refractivity contribution is -0.0946. The maximum absolute atomic E-state index is 7.14. The maximum Gasteiger partial charge on any atom is 0.369 e. The first-order valence-electron chi connectivity index (χ1n) is 19.3. The van der Waals surface area contributed by atoms with Gasteiger partial charge in [0.2, 0.25) is 16.6 Å². The molecule has 0 aromatic heterocycles. The first-order chi connectivity index (χ1) is 22.3. The van der Waals surface area contributed by atoms with Gasteiger partial charge in [-0.2, -0.15) is 0 Å². The fraction of sp³-hybridized carbons (Fsp3) is 0.775. The molecule has 1 aromatic carbocycles. The van der Waals surface area contributed by atoms with Crippen molar-refractivity contribution in [2.45, 2.75) is 144 Å². The first-order valence-corrected chi connectivity index (χ1v) is 29.5. The Bertz CT molecular complexity index is 1300. The van der Waals surface area contributed by atoms with Gasteiger partial charge < -0.3 is 18.0 Å². The highest BCUT2D eigenvalue weighted by molar-refractivity contribution is 6.71. The molecule has 0 saturated heterocycles. The number of hydrogen-bond acceptors (Lipinski definition) is 5. The largest absolute Gasteiger partial charge is 0.547 e. The van der Waals surface area contributed by atoms with E-state index in [9.17, 15) is 0 Å². The molecule has 4 aliphatic carbocycles. The zero-order valence-corrected chi connectivity index (χ0v) is 35.7. The van der Waals surface area contributed by atoms with E-state index in [1.807, 2.05) is 6.07 Å². The smallest absolute Gasteiger partial charge is 0.369 e. The zero-order chi connectivity index (χ0) is 35.1. The highest BCUT2D eigenvalue weighted by atomic mass is 28.4. The average molecular weight is 712 g/mol. The fourth-order valence-corrected chi connectivity index (χ4v) is 13.1. The first kappa shape index (κ1) is 37.9. The standard InChI is InChI=1S/C40H69NO4Si3/c1-29(22-25-41-38(45-48(10,11)12)42-28-30-16-14-13-15-17-30)33-18-19-34-37-35(21-24-40(33,34)3)39(2)23-20-32(43-46(4,5)6)26-31(39)27-36(37)44-47(7,8)9/h13-17,27,29,31-35,37H,18-26,28H2,1-12H3/b41-38-/t29-,31+,32?,33-,34+,35+,37+,39+,40-/m1/s1. The zero-order valence-electron chi connectivity index (χ0n) is 32.7. The maximum atomic E-state index is 7.14. The molecular formula is C40H69NO4Si3. The summed E-state index contributed by atoms with van der Waals surface area (Å²) in [5, 5.41) is 0. The Morgan fingerprint density at radius 1 is 0.833 bits per heavy atom. The molecule has 9 atom stereocenters. The van der Waals surface area contributed by atoms with Crippen molar-refractivity contribution in [2.75, 3.05) is 6.54 Å². The number of ether oxygens (including phenoxy) is 1. The van der Waals surface area contributed by atoms with Gasteiger partial charge in [-0.25, -0.2) is 4.99 Å². The van der Waals surface area contributed by atoms with Crippen LogP contribution in [0.2, 0.25) is 58.9 Å². The Hall–Kier alpha value is -1.36. The molecule has 0 radical (unpaired) electrons. The summed E-state index contributed by atoms with van der Waals surface area (Å²) in [6.45, 7) is 29.8. The van der Waals surface area contributed by atoms with Crippen LogP contribution in [0.25, 0.3) is 0 Å². The van der Waals surface area contributed by atoms with Crippen LogP contribution in [0.15, 0.2) is 47.2 Å². The van der Waals surface area contributed by atoms with E-state index in [2.05, 4.69) is 110 Å². The Morgan fingerprint density at radius 3 is 2.15 bits per heavy atom. The van der Waals surface area contributed by atoms with Crippen LogP contribution in [-0.4, -0.2) is 43.7 Å². The number of rotatable bonds is 11. The van der Waals surface area contributed by atoms with E-state index >= 15 is 0 Å². The molecule has 0 heterocycles. The van der Waals surface area contributed by atoms with Gasteiger partial charge in [0.1, 0.15) is 6.61 Å². The summed E-state index contributed by atoms with van der Waals surface area (Å²) in [5.74, 6) is 5.24. The van der Waals surface area contributed by atoms with Crippen LogP contribution >= 0.6 is 0 Å². The molecule has 3 saturated carbocycles. The third-order valence-corrected chi connectivity index (χ3v) is 15.0. The monoisotopic (exact) mass is 711 g/mol. The second-order valence-corrected chi connectivity index (χ2v) is 32.7. The van der Waals surface area contributed by atoms with Crippen molar-refractivity contribution >= 4 is 31.0 Å². The third-order valence-electron chi connectivity index (χ3n) is 12.3. The van der Waals surface area contributed by atoms with Gasteiger partial charge in [0.25, 0.3) is 0 Å². The molecule has 0 N–H and O–H groups in total. The lowest BCUT2D eigenvalue weighted by Gasteiger charge is -2.60. The van der Waals surface area contributed by atoms with Gasteiger partial charge in [0.05, 0.1) is 5.76 Å². The van der Waals surface area contributed by atoms with E-state index in [1.54, 1.807) is 0 Å². The Labute approximate surface area is 297 Å². The number of allylic oxidation sites excluding steroid dienone is 2. The number of aliphatic imine (C=N–C) groups is 1. The van der Waals surface area contributed by atoms with Crippen LogP contribution in [0.4, 0.5) is 0 Å². The molecule has 3 fully saturated rings. The second-order valence-electron chi connectivity index (χ2n) is 19.4. The summed E-state index contributed by atoms with van der Waals surface area (Å²) >= 11 is 0. The molecule has 270 valence electrons. The van der Waals surface area contributed by atoms with E-state index in [-0.39, 0.29) is 0 Å². The van der Waals surface area contributed by atoms with E-state index < -0.39 is 25.0 Å². The van der Waals surface area contributed by atoms with Crippen LogP contribution in [0.3, 0.4) is 0 Å². The summed E-state index contributed by atoms with van der Waals surface area (Å²) < 4.78 is 26.3. The minimum Gasteiger partial charge on any atom is -0.547 e. The molecule has 48 heavy (non-hydrogen) atoms. The van der Waals surface area contributed by atoms with Crippen molar-refractivity contribution in [1.29, 1.82) is 0 Å². The van der Waals surface area contributed by atoms with Gasteiger partial charge in [-0.1, -0.05) is 51.1 Å². The van der Waals surface area contributed by atoms with Crippen LogP contribution in [0, 0.1) is 46.3 Å². The Morgan fingerprint density at radius 2 is 1.50 bits per heavy atom. The van der Waals surface area contributed by atoms with Crippen LogP contribution in [-0.2, 0) is 24.6 Å². The quantitative estimate of drug-likeness (QED) is 0.130. The van der Waals surface area contributed by atoms with E-state index in [0.717, 1.165) is 18.5 Å². The van der Waals surface area contributed by atoms with E-state index in [4.69, 9.17) is 23.0 Å². The molecule has 1 unspecified atom stereocenters. The molecule has 1 aromatic rings. The summed E-state index contributed by atoms with van der Waals surface area (Å²) in [6, 6.07) is 10.3. The highest BCUT2D eigenvalue weighted by Crippen LogP contribution is 2.68. The van der Waals surface area contributed by atoms with Gasteiger partial charge >= 0.3 is 6.08 Å². The summed E-state index contributed by atoms with van der Waals surface area (Å²) in [4.78, 5) is 4.94. The SMILES string of the molecule is C[C@H](CC/N=C(/OCc1ccccc1)O[Si](C)(C)C)[C@H]1CC[C@H]2[C@@H]3C(O[Si](C)(C)C)=C[C@@H]4CC(O[Si](C)(C)C)CC[C@]4(C)[C@H]3CC[C@]12C. The summed E-state index contributed by atoms with van der Waals surface area (Å²) in [7, 11) is -5.18. The molecule has 5 nitrogen and oxygen atoms in total. The van der Waals surface area contributed by atoms with Gasteiger partial charge in [0, 0.05) is 18.6 Å². The van der Waals surface area contributed by atoms with Crippen molar-refractivity contribution in [1.82, 2.24) is 0 Å². The molecule has 0 bridgehead atoms. The van der Waals surface area contributed by atoms with Crippen LogP contribution in [0.1, 0.15) is 77.7 Å². The predicted molar refractivity (Wildman–Crippen MR) is 208 cm³/mol. The van der Waals surface area contributed by atoms with Gasteiger partial charge in [0.15, 0.2) is 8.32 Å². The predicted octanol–water partition coefficient (Wildman–Crippen LogP) is 11.3. The highest BCUT2D eigenvalue weighted by Gasteiger charge is 2.62. The minimum atomic E-state index is -1.85. The number of nitrogens with zero attached hydrogens (tertiary/aromatic N) is 1. The molecule has 4 aliphatic rings. The van der Waals surface area contributed by atoms with Gasteiger partial charge in [-0.15, -0.1) is 0 Å². The molecule has 8 heteroatoms. The Kier molecular flexibility index (Phi) is 11.3. The molecule has 0 amide bonds. The fourth-order valence-electron chi connectivity index (χ4n) is 10.3.